The Bertz CT molecular complexity index is 419. The Labute approximate surface area is 144 Å². The lowest BCUT2D eigenvalue weighted by molar-refractivity contribution is 0.370. The first-order chi connectivity index (χ1) is 9.58. The van der Waals surface area contributed by atoms with Crippen LogP contribution < -0.4 is 5.32 Å². The number of unbranched alkanes of at least 4 members (excludes halogenated alkanes) is 1. The van der Waals surface area contributed by atoms with E-state index in [-0.39, 0.29) is 24.0 Å². The van der Waals surface area contributed by atoms with Crippen LogP contribution in [0.4, 0.5) is 0 Å². The fourth-order valence-corrected chi connectivity index (χ4v) is 1.77. The van der Waals surface area contributed by atoms with Crippen LogP contribution in [-0.2, 0) is 6.42 Å². The van der Waals surface area contributed by atoms with Gasteiger partial charge >= 0.3 is 0 Å². The lowest BCUT2D eigenvalue weighted by atomic mass is 10.2. The molecule has 0 aliphatic heterocycles. The molecule has 1 heterocycles. The second kappa shape index (κ2) is 10.8. The van der Waals surface area contributed by atoms with Gasteiger partial charge < -0.3 is 14.7 Å². The lowest BCUT2D eigenvalue weighted by Gasteiger charge is -2.21. The van der Waals surface area contributed by atoms with Crippen molar-refractivity contribution in [1.29, 1.82) is 0 Å². The van der Waals surface area contributed by atoms with Gasteiger partial charge in [0.25, 0.3) is 0 Å². The van der Waals surface area contributed by atoms with Gasteiger partial charge in [-0.25, -0.2) is 0 Å². The first-order valence-corrected chi connectivity index (χ1v) is 7.32. The Hall–Kier alpha value is -0.860. The van der Waals surface area contributed by atoms with Crippen LogP contribution in [0.2, 0.25) is 0 Å². The first kappa shape index (κ1) is 20.1. The summed E-state index contributed by atoms with van der Waals surface area (Å²) in [5, 5.41) is 7.27. The van der Waals surface area contributed by atoms with Gasteiger partial charge in [-0.1, -0.05) is 32.3 Å². The van der Waals surface area contributed by atoms with Crippen molar-refractivity contribution in [2.75, 3.05) is 27.2 Å². The van der Waals surface area contributed by atoms with E-state index in [4.69, 9.17) is 4.52 Å². The van der Waals surface area contributed by atoms with Crippen molar-refractivity contribution in [2.24, 2.45) is 4.99 Å². The van der Waals surface area contributed by atoms with Crippen LogP contribution in [0.1, 0.15) is 51.2 Å². The molecule has 0 atom stereocenters. The number of hydrogen-bond donors (Lipinski definition) is 1. The first-order valence-electron chi connectivity index (χ1n) is 7.32. The number of nitrogens with one attached hydrogen (secondary N) is 1. The zero-order valence-electron chi connectivity index (χ0n) is 13.7. The average Bonchev–Trinajstić information content (AvgIpc) is 2.90. The molecule has 0 aromatic carbocycles. The zero-order valence-corrected chi connectivity index (χ0v) is 16.0. The molecule has 0 fully saturated rings. The van der Waals surface area contributed by atoms with Gasteiger partial charge in [-0.05, 0) is 6.42 Å². The molecule has 1 aromatic heterocycles. The smallest absolute Gasteiger partial charge is 0.228 e. The molecule has 0 aliphatic carbocycles. The molecular weight excluding hydrogens is 381 g/mol. The van der Waals surface area contributed by atoms with Gasteiger partial charge in [0.2, 0.25) is 5.89 Å². The van der Waals surface area contributed by atoms with Gasteiger partial charge in [0, 0.05) is 39.5 Å². The second-order valence-electron chi connectivity index (χ2n) is 5.20. The maximum atomic E-state index is 5.21. The maximum Gasteiger partial charge on any atom is 0.228 e. The van der Waals surface area contributed by atoms with Gasteiger partial charge in [0.05, 0.1) is 0 Å². The van der Waals surface area contributed by atoms with E-state index in [1.807, 2.05) is 0 Å². The van der Waals surface area contributed by atoms with E-state index < -0.39 is 0 Å². The third kappa shape index (κ3) is 7.10. The summed E-state index contributed by atoms with van der Waals surface area (Å²) in [6, 6.07) is 0. The van der Waals surface area contributed by atoms with Crippen LogP contribution in [-0.4, -0.2) is 48.2 Å². The standard InChI is InChI=1S/C14H27N5O.HI/c1-6-7-10-19(5)14(15-4)16-9-8-12-17-13(11(2)3)18-20-12;/h11H,6-10H2,1-5H3,(H,15,16);1H. The van der Waals surface area contributed by atoms with E-state index in [0.717, 1.165) is 24.9 Å². The Balaban J connectivity index is 0.00000400. The molecule has 1 N–H and O–H groups in total. The van der Waals surface area contributed by atoms with Crippen molar-refractivity contribution < 1.29 is 4.52 Å². The van der Waals surface area contributed by atoms with Gasteiger partial charge in [0.15, 0.2) is 11.8 Å². The Morgan fingerprint density at radius 2 is 2.14 bits per heavy atom. The minimum Gasteiger partial charge on any atom is -0.356 e. The fourth-order valence-electron chi connectivity index (χ4n) is 1.77. The SMILES string of the molecule is CCCCN(C)C(=NC)NCCc1nc(C(C)C)no1.I. The summed E-state index contributed by atoms with van der Waals surface area (Å²) in [5.41, 5.74) is 0. The van der Waals surface area contributed by atoms with Crippen LogP contribution in [0, 0.1) is 0 Å². The van der Waals surface area contributed by atoms with E-state index in [2.05, 4.69) is 53.2 Å². The third-order valence-corrected chi connectivity index (χ3v) is 3.04. The molecule has 0 radical (unpaired) electrons. The maximum absolute atomic E-state index is 5.21. The largest absolute Gasteiger partial charge is 0.356 e. The fraction of sp³-hybridized carbons (Fsp3) is 0.786. The van der Waals surface area contributed by atoms with Crippen LogP contribution in [0.15, 0.2) is 9.52 Å². The van der Waals surface area contributed by atoms with Crippen molar-refractivity contribution >= 4 is 29.9 Å². The monoisotopic (exact) mass is 409 g/mol. The van der Waals surface area contributed by atoms with Crippen LogP contribution in [0.25, 0.3) is 0 Å². The molecule has 1 aromatic rings. The minimum absolute atomic E-state index is 0. The number of halogens is 1. The molecule has 0 unspecified atom stereocenters. The van der Waals surface area contributed by atoms with E-state index in [0.29, 0.717) is 18.2 Å². The molecule has 0 saturated heterocycles. The number of guanidine groups is 1. The molecule has 0 saturated carbocycles. The number of rotatable bonds is 7. The van der Waals surface area contributed by atoms with Crippen LogP contribution in [0.3, 0.4) is 0 Å². The van der Waals surface area contributed by atoms with Gasteiger partial charge in [-0.2, -0.15) is 4.98 Å². The third-order valence-electron chi connectivity index (χ3n) is 3.04. The highest BCUT2D eigenvalue weighted by molar-refractivity contribution is 14.0. The number of hydrogen-bond acceptors (Lipinski definition) is 4. The Morgan fingerprint density at radius 1 is 1.43 bits per heavy atom. The molecule has 0 aliphatic rings. The number of aromatic nitrogens is 2. The summed E-state index contributed by atoms with van der Waals surface area (Å²) in [5.74, 6) is 2.65. The Kier molecular flexibility index (Phi) is 10.4. The van der Waals surface area contributed by atoms with E-state index in [1.165, 1.54) is 12.8 Å². The lowest BCUT2D eigenvalue weighted by Crippen LogP contribution is -2.40. The normalized spacial score (nSPS) is 11.4. The van der Waals surface area contributed by atoms with Gasteiger partial charge in [-0.3, -0.25) is 4.99 Å². The van der Waals surface area contributed by atoms with Crippen LogP contribution in [0.5, 0.6) is 0 Å². The minimum atomic E-state index is 0. The molecule has 0 spiro atoms. The predicted molar refractivity (Wildman–Crippen MR) is 96.4 cm³/mol. The average molecular weight is 409 g/mol. The number of aliphatic imine (C=N–C) groups is 1. The summed E-state index contributed by atoms with van der Waals surface area (Å²) >= 11 is 0. The van der Waals surface area contributed by atoms with Crippen molar-refractivity contribution in [3.05, 3.63) is 11.7 Å². The van der Waals surface area contributed by atoms with Gasteiger partial charge in [-0.15, -0.1) is 24.0 Å². The summed E-state index contributed by atoms with van der Waals surface area (Å²) in [7, 11) is 3.85. The second-order valence-corrected chi connectivity index (χ2v) is 5.20. The summed E-state index contributed by atoms with van der Waals surface area (Å²) in [4.78, 5) is 10.8. The van der Waals surface area contributed by atoms with Crippen molar-refractivity contribution in [2.45, 2.75) is 46.0 Å². The highest BCUT2D eigenvalue weighted by atomic mass is 127. The topological polar surface area (TPSA) is 66.5 Å². The number of nitrogens with zero attached hydrogens (tertiary/aromatic N) is 4. The molecular formula is C14H28IN5O. The van der Waals surface area contributed by atoms with Gasteiger partial charge in [0.1, 0.15) is 0 Å². The summed E-state index contributed by atoms with van der Waals surface area (Å²) < 4.78 is 5.21. The summed E-state index contributed by atoms with van der Waals surface area (Å²) in [6.45, 7) is 8.04. The van der Waals surface area contributed by atoms with Crippen molar-refractivity contribution in [1.82, 2.24) is 20.4 Å². The molecule has 0 amide bonds. The Morgan fingerprint density at radius 3 is 2.67 bits per heavy atom. The molecule has 1 rings (SSSR count). The molecule has 6 nitrogen and oxygen atoms in total. The molecule has 122 valence electrons. The van der Waals surface area contributed by atoms with Crippen LogP contribution >= 0.6 is 24.0 Å². The van der Waals surface area contributed by atoms with E-state index in [9.17, 15) is 0 Å². The van der Waals surface area contributed by atoms with E-state index in [1.54, 1.807) is 7.05 Å². The summed E-state index contributed by atoms with van der Waals surface area (Å²) in [6.07, 6.45) is 3.06. The predicted octanol–water partition coefficient (Wildman–Crippen LogP) is 2.66. The molecule has 0 bridgehead atoms. The highest BCUT2D eigenvalue weighted by Gasteiger charge is 2.10. The highest BCUT2D eigenvalue weighted by Crippen LogP contribution is 2.09. The van der Waals surface area contributed by atoms with Crippen molar-refractivity contribution in [3.8, 4) is 0 Å². The molecule has 21 heavy (non-hydrogen) atoms. The van der Waals surface area contributed by atoms with Crippen molar-refractivity contribution in [3.63, 3.8) is 0 Å². The zero-order chi connectivity index (χ0) is 15.0. The van der Waals surface area contributed by atoms with E-state index >= 15 is 0 Å². The molecule has 7 heteroatoms. The quantitative estimate of drug-likeness (QED) is 0.426.